The van der Waals surface area contributed by atoms with Crippen molar-refractivity contribution in [3.63, 3.8) is 0 Å². The molecule has 1 aromatic rings. The van der Waals surface area contributed by atoms with Gasteiger partial charge in [0, 0.05) is 36.8 Å². The number of thioether (sulfide) groups is 1. The number of aromatic amines is 1. The number of H-pyrrole nitrogens is 1. The van der Waals surface area contributed by atoms with Crippen LogP contribution in [-0.2, 0) is 5.75 Å². The van der Waals surface area contributed by atoms with E-state index in [2.05, 4.69) is 20.6 Å². The summed E-state index contributed by atoms with van der Waals surface area (Å²) in [5.41, 5.74) is 7.55. The van der Waals surface area contributed by atoms with E-state index in [1.54, 1.807) is 6.33 Å². The smallest absolute Gasteiger partial charge is 0.188 e. The van der Waals surface area contributed by atoms with Gasteiger partial charge in [0.05, 0.1) is 12.0 Å². The van der Waals surface area contributed by atoms with Crippen molar-refractivity contribution in [2.24, 2.45) is 5.73 Å². The molecule has 0 fully saturated rings. The molecule has 1 rings (SSSR count). The third-order valence-electron chi connectivity index (χ3n) is 2.17. The van der Waals surface area contributed by atoms with E-state index in [-0.39, 0.29) is 0 Å². The fourth-order valence-corrected chi connectivity index (χ4v) is 2.10. The van der Waals surface area contributed by atoms with Gasteiger partial charge in [-0.15, -0.1) is 0 Å². The fourth-order valence-electron chi connectivity index (χ4n) is 1.22. The summed E-state index contributed by atoms with van der Waals surface area (Å²) in [5, 5.41) is 13.3. The summed E-state index contributed by atoms with van der Waals surface area (Å²) in [6.45, 7) is 3.94. The number of nitrogens with one attached hydrogen (secondary N) is 4. The predicted octanol–water partition coefficient (Wildman–Crippen LogP) is 0.0240. The van der Waals surface area contributed by atoms with Crippen LogP contribution in [0.1, 0.15) is 11.4 Å². The molecule has 96 valence electrons. The molecule has 0 atom stereocenters. The maximum absolute atomic E-state index is 7.50. The van der Waals surface area contributed by atoms with Crippen LogP contribution < -0.4 is 16.4 Å². The van der Waals surface area contributed by atoms with Gasteiger partial charge in [0.15, 0.2) is 5.96 Å². The minimum atomic E-state index is 0.341. The highest BCUT2D eigenvalue weighted by atomic mass is 32.2. The second-order valence-electron chi connectivity index (χ2n) is 3.54. The van der Waals surface area contributed by atoms with Crippen LogP contribution in [0.4, 0.5) is 0 Å². The number of guanidine groups is 1. The van der Waals surface area contributed by atoms with Crippen molar-refractivity contribution in [3.05, 3.63) is 17.7 Å². The van der Waals surface area contributed by atoms with Gasteiger partial charge in [0.1, 0.15) is 0 Å². The van der Waals surface area contributed by atoms with Crippen molar-refractivity contribution >= 4 is 17.7 Å². The Balaban J connectivity index is 2.01. The number of nitrogens with two attached hydrogens (primary N) is 1. The lowest BCUT2D eigenvalue weighted by Gasteiger charge is -2.08. The van der Waals surface area contributed by atoms with E-state index < -0.39 is 0 Å². The highest BCUT2D eigenvalue weighted by Gasteiger charge is 2.00. The van der Waals surface area contributed by atoms with Crippen LogP contribution in [0, 0.1) is 12.3 Å². The third-order valence-corrected chi connectivity index (χ3v) is 3.16. The van der Waals surface area contributed by atoms with Gasteiger partial charge in [0.2, 0.25) is 0 Å². The summed E-state index contributed by atoms with van der Waals surface area (Å²) in [7, 11) is 0. The quantitative estimate of drug-likeness (QED) is 0.269. The Hall–Kier alpha value is -1.21. The lowest BCUT2D eigenvalue weighted by Crippen LogP contribution is -2.39. The molecule has 6 nitrogen and oxygen atoms in total. The molecule has 0 amide bonds. The van der Waals surface area contributed by atoms with E-state index in [0.29, 0.717) is 19.0 Å². The molecule has 0 aliphatic rings. The number of hydrogen-bond acceptors (Lipinski definition) is 4. The lowest BCUT2D eigenvalue weighted by molar-refractivity contribution is 0.815. The van der Waals surface area contributed by atoms with E-state index in [0.717, 1.165) is 23.7 Å². The van der Waals surface area contributed by atoms with Crippen molar-refractivity contribution in [3.8, 4) is 0 Å². The minimum absolute atomic E-state index is 0.341. The van der Waals surface area contributed by atoms with Crippen LogP contribution in [0.2, 0.25) is 0 Å². The lowest BCUT2D eigenvalue weighted by atomic mass is 10.4. The Kier molecular flexibility index (Phi) is 6.49. The second-order valence-corrected chi connectivity index (χ2v) is 4.64. The average molecular weight is 256 g/mol. The minimum Gasteiger partial charge on any atom is -0.356 e. The summed E-state index contributed by atoms with van der Waals surface area (Å²) in [6.07, 6.45) is 1.72. The molecule has 0 saturated carbocycles. The Morgan fingerprint density at radius 1 is 1.53 bits per heavy atom. The first kappa shape index (κ1) is 13.9. The maximum atomic E-state index is 7.50. The highest BCUT2D eigenvalue weighted by Crippen LogP contribution is 2.11. The number of aryl methyl sites for hydroxylation is 1. The normalized spacial score (nSPS) is 10.2. The molecule has 0 aromatic carbocycles. The number of aromatic nitrogens is 2. The third kappa shape index (κ3) is 5.60. The zero-order chi connectivity index (χ0) is 12.5. The average Bonchev–Trinajstić information content (AvgIpc) is 2.72. The van der Waals surface area contributed by atoms with E-state index >= 15 is 0 Å². The predicted molar refractivity (Wildman–Crippen MR) is 72.3 cm³/mol. The van der Waals surface area contributed by atoms with Gasteiger partial charge >= 0.3 is 0 Å². The van der Waals surface area contributed by atoms with Gasteiger partial charge in [-0.3, -0.25) is 5.41 Å². The van der Waals surface area contributed by atoms with Crippen molar-refractivity contribution < 1.29 is 0 Å². The summed E-state index contributed by atoms with van der Waals surface area (Å²) in [6, 6.07) is 0. The molecule has 0 aliphatic heterocycles. The second kappa shape index (κ2) is 7.97. The molecular formula is C10H20N6S. The van der Waals surface area contributed by atoms with Crippen molar-refractivity contribution in [2.45, 2.75) is 12.7 Å². The number of imidazole rings is 1. The molecule has 0 spiro atoms. The molecule has 0 radical (unpaired) electrons. The molecular weight excluding hydrogens is 236 g/mol. The molecule has 0 unspecified atom stereocenters. The SMILES string of the molecule is Cc1nc[nH]c1CSCCNC(=N)NCCN. The van der Waals surface area contributed by atoms with Gasteiger partial charge in [0.25, 0.3) is 0 Å². The van der Waals surface area contributed by atoms with E-state index in [9.17, 15) is 0 Å². The largest absolute Gasteiger partial charge is 0.356 e. The van der Waals surface area contributed by atoms with Crippen molar-refractivity contribution in [1.82, 2.24) is 20.6 Å². The summed E-state index contributed by atoms with van der Waals surface area (Å²) in [4.78, 5) is 7.25. The van der Waals surface area contributed by atoms with Crippen LogP contribution in [0.5, 0.6) is 0 Å². The van der Waals surface area contributed by atoms with Crippen LogP contribution >= 0.6 is 11.8 Å². The molecule has 7 heteroatoms. The Morgan fingerprint density at radius 3 is 2.94 bits per heavy atom. The van der Waals surface area contributed by atoms with Crippen LogP contribution in [0.25, 0.3) is 0 Å². The molecule has 0 bridgehead atoms. The van der Waals surface area contributed by atoms with Gasteiger partial charge < -0.3 is 21.4 Å². The topological polar surface area (TPSA) is 103 Å². The highest BCUT2D eigenvalue weighted by molar-refractivity contribution is 7.98. The fraction of sp³-hybridized carbons (Fsp3) is 0.600. The summed E-state index contributed by atoms with van der Waals surface area (Å²) in [5.74, 6) is 2.22. The number of rotatable bonds is 7. The molecule has 0 saturated heterocycles. The van der Waals surface area contributed by atoms with Gasteiger partial charge in [-0.1, -0.05) is 0 Å². The van der Waals surface area contributed by atoms with Crippen LogP contribution in [-0.4, -0.2) is 41.3 Å². The standard InChI is InChI=1S/C10H20N6S/c1-8-9(16-7-15-8)6-17-5-4-14-10(12)13-3-2-11/h7H,2-6,11H2,1H3,(H,15,16)(H3,12,13,14). The Bertz CT molecular complexity index is 337. The van der Waals surface area contributed by atoms with Gasteiger partial charge in [-0.05, 0) is 6.92 Å². The van der Waals surface area contributed by atoms with E-state index in [1.165, 1.54) is 5.69 Å². The summed E-state index contributed by atoms with van der Waals surface area (Å²) >= 11 is 1.81. The first-order valence-electron chi connectivity index (χ1n) is 5.57. The Morgan fingerprint density at radius 2 is 2.29 bits per heavy atom. The van der Waals surface area contributed by atoms with Crippen LogP contribution in [0.15, 0.2) is 6.33 Å². The zero-order valence-electron chi connectivity index (χ0n) is 10.0. The van der Waals surface area contributed by atoms with Crippen molar-refractivity contribution in [1.29, 1.82) is 5.41 Å². The Labute approximate surface area is 106 Å². The van der Waals surface area contributed by atoms with E-state index in [1.807, 2.05) is 18.7 Å². The maximum Gasteiger partial charge on any atom is 0.188 e. The molecule has 1 aromatic heterocycles. The first-order chi connectivity index (χ1) is 8.24. The number of nitrogens with zero attached hydrogens (tertiary/aromatic N) is 1. The van der Waals surface area contributed by atoms with Crippen LogP contribution in [0.3, 0.4) is 0 Å². The zero-order valence-corrected chi connectivity index (χ0v) is 10.9. The van der Waals surface area contributed by atoms with Gasteiger partial charge in [-0.2, -0.15) is 11.8 Å². The number of hydrogen-bond donors (Lipinski definition) is 5. The molecule has 0 aliphatic carbocycles. The summed E-state index contributed by atoms with van der Waals surface area (Å²) < 4.78 is 0. The van der Waals surface area contributed by atoms with Crippen molar-refractivity contribution in [2.75, 3.05) is 25.4 Å². The first-order valence-corrected chi connectivity index (χ1v) is 6.72. The molecule has 17 heavy (non-hydrogen) atoms. The van der Waals surface area contributed by atoms with Gasteiger partial charge in [-0.25, -0.2) is 4.98 Å². The molecule has 1 heterocycles. The molecule has 6 N–H and O–H groups in total. The monoisotopic (exact) mass is 256 g/mol. The van der Waals surface area contributed by atoms with E-state index in [4.69, 9.17) is 11.1 Å².